The predicted molar refractivity (Wildman–Crippen MR) is 128 cm³/mol. The number of hydrogen-bond donors (Lipinski definition) is 2. The van der Waals surface area contributed by atoms with Gasteiger partial charge in [0.1, 0.15) is 12.0 Å². The number of aliphatic hydroxyl groups is 1. The van der Waals surface area contributed by atoms with E-state index in [2.05, 4.69) is 26.9 Å². The molecule has 180 valence electrons. The topological polar surface area (TPSA) is 127 Å². The van der Waals surface area contributed by atoms with E-state index in [1.54, 1.807) is 20.1 Å². The van der Waals surface area contributed by atoms with E-state index in [1.807, 2.05) is 0 Å². The molecule has 2 aromatic heterocycles. The van der Waals surface area contributed by atoms with Crippen LogP contribution >= 0.6 is 0 Å². The van der Waals surface area contributed by atoms with Crippen LogP contribution in [0.15, 0.2) is 22.1 Å². The van der Waals surface area contributed by atoms with Crippen molar-refractivity contribution in [1.82, 2.24) is 24.5 Å². The van der Waals surface area contributed by atoms with Crippen molar-refractivity contribution >= 4 is 34.5 Å². The number of benzene rings is 1. The summed E-state index contributed by atoms with van der Waals surface area (Å²) in [4.78, 5) is 20.5. The highest BCUT2D eigenvalue weighted by Crippen LogP contribution is 2.32. The normalized spacial score (nSPS) is 23.2. The quantitative estimate of drug-likeness (QED) is 0.602. The molecular weight excluding hydrogens is 439 g/mol. The average molecular weight is 469 g/mol. The lowest BCUT2D eigenvalue weighted by Gasteiger charge is -2.36. The van der Waals surface area contributed by atoms with Crippen LogP contribution in [0.2, 0.25) is 0 Å². The number of amidine groups is 1. The molecule has 1 aromatic carbocycles. The average Bonchev–Trinajstić information content (AvgIpc) is 3.40. The molecule has 1 saturated heterocycles. The van der Waals surface area contributed by atoms with Gasteiger partial charge in [-0.3, -0.25) is 4.99 Å². The fourth-order valence-electron chi connectivity index (χ4n) is 4.78. The van der Waals surface area contributed by atoms with Gasteiger partial charge in [0.05, 0.1) is 24.4 Å². The van der Waals surface area contributed by atoms with Crippen molar-refractivity contribution in [3.8, 4) is 5.75 Å². The van der Waals surface area contributed by atoms with Crippen LogP contribution in [0, 0.1) is 11.7 Å². The minimum absolute atomic E-state index is 0.0330. The highest BCUT2D eigenvalue weighted by Gasteiger charge is 2.32. The van der Waals surface area contributed by atoms with E-state index in [9.17, 15) is 9.50 Å². The maximum Gasteiger partial charge on any atom is 0.223 e. The second kappa shape index (κ2) is 8.15. The number of nitrogens with zero attached hydrogens (tertiary/aromatic N) is 7. The van der Waals surface area contributed by atoms with Crippen molar-refractivity contribution in [2.75, 3.05) is 25.9 Å². The number of halogens is 1. The molecule has 3 aromatic rings. The number of anilines is 1. The largest absolute Gasteiger partial charge is 0.494 e. The number of likely N-dealkylation sites (tertiary alicyclic amines) is 1. The zero-order chi connectivity index (χ0) is 24.2. The molecule has 11 heteroatoms. The van der Waals surface area contributed by atoms with Crippen molar-refractivity contribution in [2.45, 2.75) is 51.3 Å². The fourth-order valence-corrected chi connectivity index (χ4v) is 4.78. The summed E-state index contributed by atoms with van der Waals surface area (Å²) in [5, 5.41) is 15.3. The van der Waals surface area contributed by atoms with Crippen LogP contribution in [-0.4, -0.2) is 73.6 Å². The Morgan fingerprint density at radius 2 is 2.06 bits per heavy atom. The Labute approximate surface area is 196 Å². The molecule has 0 saturated carbocycles. The molecule has 2 aliphatic rings. The molecule has 1 fully saturated rings. The number of rotatable bonds is 4. The van der Waals surface area contributed by atoms with Gasteiger partial charge in [0, 0.05) is 36.9 Å². The molecule has 10 nitrogen and oxygen atoms in total. The molecule has 4 heterocycles. The number of aromatic nitrogens is 4. The summed E-state index contributed by atoms with van der Waals surface area (Å²) >= 11 is 0. The van der Waals surface area contributed by atoms with Crippen molar-refractivity contribution in [3.05, 3.63) is 23.8 Å². The van der Waals surface area contributed by atoms with E-state index in [1.165, 1.54) is 23.8 Å². The van der Waals surface area contributed by atoms with E-state index in [4.69, 9.17) is 20.4 Å². The van der Waals surface area contributed by atoms with Gasteiger partial charge < -0.3 is 20.5 Å². The number of fused-ring (bicyclic) bond motifs is 3. The highest BCUT2D eigenvalue weighted by atomic mass is 19.1. The number of hydrogen-bond acceptors (Lipinski definition) is 9. The fraction of sp³-hybridized carbons (Fsp3) is 0.522. The summed E-state index contributed by atoms with van der Waals surface area (Å²) in [7, 11) is 1.41. The smallest absolute Gasteiger partial charge is 0.223 e. The SMILES string of the molecule is COc1cc2nc(N)n3nc(C4CC(C)CN(C5=NC(CC(C)(C)O)N=C5)C4)nc3c2cc1F. The first-order chi connectivity index (χ1) is 16.1. The van der Waals surface area contributed by atoms with Crippen LogP contribution in [0.25, 0.3) is 16.6 Å². The Bertz CT molecular complexity index is 1310. The van der Waals surface area contributed by atoms with Crippen LogP contribution in [0.3, 0.4) is 0 Å². The molecule has 0 radical (unpaired) electrons. The second-order valence-electron chi connectivity index (χ2n) is 9.88. The van der Waals surface area contributed by atoms with Crippen molar-refractivity contribution in [1.29, 1.82) is 0 Å². The molecule has 5 rings (SSSR count). The van der Waals surface area contributed by atoms with E-state index in [-0.39, 0.29) is 23.8 Å². The first-order valence-corrected chi connectivity index (χ1v) is 11.4. The Morgan fingerprint density at radius 1 is 1.26 bits per heavy atom. The van der Waals surface area contributed by atoms with Gasteiger partial charge in [0.15, 0.2) is 23.0 Å². The lowest BCUT2D eigenvalue weighted by molar-refractivity contribution is 0.0650. The van der Waals surface area contributed by atoms with E-state index < -0.39 is 11.4 Å². The molecule has 34 heavy (non-hydrogen) atoms. The molecule has 2 aliphatic heterocycles. The van der Waals surface area contributed by atoms with Crippen LogP contribution in [0.4, 0.5) is 10.3 Å². The maximum absolute atomic E-state index is 14.4. The zero-order valence-corrected chi connectivity index (χ0v) is 19.7. The summed E-state index contributed by atoms with van der Waals surface area (Å²) in [6.45, 7) is 7.23. The molecular formula is C23H29FN8O2. The summed E-state index contributed by atoms with van der Waals surface area (Å²) in [6.07, 6.45) is 2.88. The van der Waals surface area contributed by atoms with Crippen LogP contribution in [0.5, 0.6) is 5.75 Å². The van der Waals surface area contributed by atoms with Crippen LogP contribution in [-0.2, 0) is 0 Å². The van der Waals surface area contributed by atoms with E-state index in [0.717, 1.165) is 18.8 Å². The highest BCUT2D eigenvalue weighted by molar-refractivity contribution is 6.30. The van der Waals surface area contributed by atoms with E-state index >= 15 is 0 Å². The lowest BCUT2D eigenvalue weighted by atomic mass is 9.90. The third-order valence-corrected chi connectivity index (χ3v) is 6.26. The number of aliphatic imine (C=N–C) groups is 2. The molecule has 3 atom stereocenters. The van der Waals surface area contributed by atoms with Crippen molar-refractivity contribution < 1.29 is 14.2 Å². The Morgan fingerprint density at radius 3 is 2.79 bits per heavy atom. The third kappa shape index (κ3) is 4.15. The summed E-state index contributed by atoms with van der Waals surface area (Å²) in [5.41, 5.74) is 6.29. The molecule has 0 spiro atoms. The van der Waals surface area contributed by atoms with Gasteiger partial charge in [-0.25, -0.2) is 19.4 Å². The van der Waals surface area contributed by atoms with Gasteiger partial charge in [-0.1, -0.05) is 6.92 Å². The van der Waals surface area contributed by atoms with Crippen molar-refractivity contribution in [3.63, 3.8) is 0 Å². The third-order valence-electron chi connectivity index (χ3n) is 6.26. The number of nitrogens with two attached hydrogens (primary N) is 1. The lowest BCUT2D eigenvalue weighted by Crippen LogP contribution is -2.43. The number of ether oxygens (including phenoxy) is 1. The zero-order valence-electron chi connectivity index (χ0n) is 19.7. The first kappa shape index (κ1) is 22.5. The monoisotopic (exact) mass is 468 g/mol. The Balaban J connectivity index is 1.47. The molecule has 3 N–H and O–H groups in total. The van der Waals surface area contributed by atoms with E-state index in [0.29, 0.717) is 41.3 Å². The minimum Gasteiger partial charge on any atom is -0.494 e. The summed E-state index contributed by atoms with van der Waals surface area (Å²) < 4.78 is 21.0. The summed E-state index contributed by atoms with van der Waals surface area (Å²) in [6, 6.07) is 2.87. The Kier molecular flexibility index (Phi) is 5.38. The predicted octanol–water partition coefficient (Wildman–Crippen LogP) is 2.40. The second-order valence-corrected chi connectivity index (χ2v) is 9.88. The van der Waals surface area contributed by atoms with Gasteiger partial charge in [0.25, 0.3) is 0 Å². The number of piperidine rings is 1. The molecule has 0 bridgehead atoms. The Hall–Kier alpha value is -3.34. The van der Waals surface area contributed by atoms with Gasteiger partial charge in [0.2, 0.25) is 5.95 Å². The minimum atomic E-state index is -0.834. The van der Waals surface area contributed by atoms with Gasteiger partial charge >= 0.3 is 0 Å². The molecule has 0 amide bonds. The van der Waals surface area contributed by atoms with Crippen LogP contribution in [0.1, 0.15) is 45.4 Å². The standard InChI is InChI=1S/C23H29FN8O2/c1-12-5-13(11-31(10-12)19-9-26-18(28-19)8-23(2,3)33)20-29-21-14-6-15(24)17(34-4)7-16(14)27-22(25)32(21)30-20/h6-7,9,12-13,18,33H,5,8,10-11H2,1-4H3,(H2,25,27). The van der Waals surface area contributed by atoms with Crippen molar-refractivity contribution in [2.24, 2.45) is 15.9 Å². The first-order valence-electron chi connectivity index (χ1n) is 11.4. The molecule has 3 unspecified atom stereocenters. The number of nitrogen functional groups attached to an aromatic ring is 1. The van der Waals surface area contributed by atoms with Gasteiger partial charge in [-0.15, -0.1) is 5.10 Å². The summed E-state index contributed by atoms with van der Waals surface area (Å²) in [5.74, 6) is 1.64. The molecule has 0 aliphatic carbocycles. The number of methoxy groups -OCH3 is 1. The maximum atomic E-state index is 14.4. The van der Waals surface area contributed by atoms with Gasteiger partial charge in [-0.05, 0) is 32.3 Å². The van der Waals surface area contributed by atoms with Gasteiger partial charge in [-0.2, -0.15) is 4.52 Å². The van der Waals surface area contributed by atoms with Crippen LogP contribution < -0.4 is 10.5 Å².